The lowest BCUT2D eigenvalue weighted by molar-refractivity contribution is -0.114. The van der Waals surface area contributed by atoms with Gasteiger partial charge in [-0.3, -0.25) is 4.79 Å². The summed E-state index contributed by atoms with van der Waals surface area (Å²) in [5, 5.41) is 8.16. The molecular weight excluding hydrogens is 330 g/mol. The van der Waals surface area contributed by atoms with Crippen molar-refractivity contribution in [3.8, 4) is 5.75 Å². The minimum Gasteiger partial charge on any atom is -0.491 e. The van der Waals surface area contributed by atoms with E-state index in [1.165, 1.54) is 12.5 Å². The molecule has 0 atom stereocenters. The van der Waals surface area contributed by atoms with Crippen molar-refractivity contribution in [3.63, 3.8) is 0 Å². The van der Waals surface area contributed by atoms with Gasteiger partial charge in [-0.1, -0.05) is 17.7 Å². The topological polar surface area (TPSA) is 79.5 Å². The van der Waals surface area contributed by atoms with Gasteiger partial charge in [-0.2, -0.15) is 0 Å². The number of rotatable bonds is 6. The van der Waals surface area contributed by atoms with Crippen LogP contribution in [0.25, 0.3) is 0 Å². The highest BCUT2D eigenvalue weighted by Crippen LogP contribution is 2.24. The van der Waals surface area contributed by atoms with Crippen LogP contribution in [0.1, 0.15) is 23.6 Å². The van der Waals surface area contributed by atoms with Gasteiger partial charge in [-0.25, -0.2) is 4.79 Å². The van der Waals surface area contributed by atoms with Crippen LogP contribution in [0, 0.1) is 20.8 Å². The molecule has 3 N–H and O–H groups in total. The number of carbonyl (C=O) groups is 2. The molecule has 0 unspecified atom stereocenters. The molecule has 0 spiro atoms. The zero-order valence-corrected chi connectivity index (χ0v) is 15.6. The number of benzene rings is 2. The first-order chi connectivity index (χ1) is 12.3. The number of aryl methyl sites for hydroxylation is 3. The smallest absolute Gasteiger partial charge is 0.319 e. The average molecular weight is 355 g/mol. The van der Waals surface area contributed by atoms with Crippen LogP contribution in [0.15, 0.2) is 36.4 Å². The molecule has 6 nitrogen and oxygen atoms in total. The highest BCUT2D eigenvalue weighted by atomic mass is 16.5. The fourth-order valence-corrected chi connectivity index (χ4v) is 2.73. The minimum atomic E-state index is -0.307. The van der Waals surface area contributed by atoms with E-state index < -0.39 is 0 Å². The number of anilines is 2. The Hall–Kier alpha value is -3.02. The number of urea groups is 1. The molecule has 26 heavy (non-hydrogen) atoms. The molecule has 0 aliphatic heterocycles. The number of hydrogen-bond donors (Lipinski definition) is 3. The van der Waals surface area contributed by atoms with Crippen molar-refractivity contribution in [2.24, 2.45) is 0 Å². The molecular formula is C20H25N3O3. The van der Waals surface area contributed by atoms with Gasteiger partial charge in [0, 0.05) is 18.3 Å². The zero-order valence-electron chi connectivity index (χ0n) is 15.6. The normalized spacial score (nSPS) is 10.2. The maximum Gasteiger partial charge on any atom is 0.319 e. The summed E-state index contributed by atoms with van der Waals surface area (Å²) in [6, 6.07) is 10.7. The molecule has 2 aromatic carbocycles. The summed E-state index contributed by atoms with van der Waals surface area (Å²) in [6.07, 6.45) is 0. The van der Waals surface area contributed by atoms with E-state index in [4.69, 9.17) is 4.74 Å². The van der Waals surface area contributed by atoms with Gasteiger partial charge in [0.1, 0.15) is 12.4 Å². The van der Waals surface area contributed by atoms with Gasteiger partial charge in [0.25, 0.3) is 0 Å². The van der Waals surface area contributed by atoms with Crippen molar-refractivity contribution in [1.82, 2.24) is 5.32 Å². The highest BCUT2D eigenvalue weighted by molar-refractivity contribution is 5.91. The molecule has 138 valence electrons. The van der Waals surface area contributed by atoms with E-state index in [1.54, 1.807) is 24.3 Å². The highest BCUT2D eigenvalue weighted by Gasteiger charge is 2.06. The van der Waals surface area contributed by atoms with E-state index >= 15 is 0 Å². The van der Waals surface area contributed by atoms with Crippen molar-refractivity contribution in [2.45, 2.75) is 27.7 Å². The monoisotopic (exact) mass is 355 g/mol. The lowest BCUT2D eigenvalue weighted by atomic mass is 10.1. The molecule has 0 aliphatic rings. The Morgan fingerprint density at radius 3 is 2.00 bits per heavy atom. The fraction of sp³-hybridized carbons (Fsp3) is 0.300. The van der Waals surface area contributed by atoms with Crippen molar-refractivity contribution in [2.75, 3.05) is 23.8 Å². The first kappa shape index (κ1) is 19.3. The standard InChI is InChI=1S/C20H25N3O3/c1-13-11-14(2)19(15(3)12-13)26-10-9-21-20(25)23-18-7-5-17(6-8-18)22-16(4)24/h5-8,11-12H,9-10H2,1-4H3,(H,22,24)(H2,21,23,25). The van der Waals surface area contributed by atoms with E-state index in [1.807, 2.05) is 13.8 Å². The Bertz CT molecular complexity index is 762. The molecule has 0 radical (unpaired) electrons. The first-order valence-electron chi connectivity index (χ1n) is 8.48. The second-order valence-corrected chi connectivity index (χ2v) is 6.22. The largest absolute Gasteiger partial charge is 0.491 e. The third kappa shape index (κ3) is 5.81. The van der Waals surface area contributed by atoms with Crippen LogP contribution in [0.2, 0.25) is 0 Å². The molecule has 0 bridgehead atoms. The second kappa shape index (κ2) is 8.89. The van der Waals surface area contributed by atoms with E-state index in [0.29, 0.717) is 24.5 Å². The third-order valence-electron chi connectivity index (χ3n) is 3.70. The first-order valence-corrected chi connectivity index (χ1v) is 8.48. The van der Waals surface area contributed by atoms with Crippen LogP contribution >= 0.6 is 0 Å². The van der Waals surface area contributed by atoms with Crippen LogP contribution in [0.4, 0.5) is 16.2 Å². The number of amides is 3. The number of carbonyl (C=O) groups excluding carboxylic acids is 2. The molecule has 0 aliphatic carbocycles. The van der Waals surface area contributed by atoms with E-state index in [9.17, 15) is 9.59 Å². The van der Waals surface area contributed by atoms with Crippen LogP contribution in [0.5, 0.6) is 5.75 Å². The van der Waals surface area contributed by atoms with Gasteiger partial charge in [0.05, 0.1) is 6.54 Å². The Morgan fingerprint density at radius 1 is 0.923 bits per heavy atom. The molecule has 6 heteroatoms. The molecule has 0 fully saturated rings. The van der Waals surface area contributed by atoms with Crippen LogP contribution in [-0.4, -0.2) is 25.1 Å². The van der Waals surface area contributed by atoms with Gasteiger partial charge in [0.2, 0.25) is 5.91 Å². The van der Waals surface area contributed by atoms with Crippen molar-refractivity contribution in [3.05, 3.63) is 53.1 Å². The molecule has 0 heterocycles. The maximum atomic E-state index is 11.9. The van der Waals surface area contributed by atoms with Gasteiger partial charge < -0.3 is 20.7 Å². The maximum absolute atomic E-state index is 11.9. The van der Waals surface area contributed by atoms with Gasteiger partial charge in [-0.15, -0.1) is 0 Å². The lowest BCUT2D eigenvalue weighted by Gasteiger charge is -2.14. The summed E-state index contributed by atoms with van der Waals surface area (Å²) in [5.41, 5.74) is 4.70. The van der Waals surface area contributed by atoms with Crippen molar-refractivity contribution >= 4 is 23.3 Å². The zero-order chi connectivity index (χ0) is 19.1. The van der Waals surface area contributed by atoms with Crippen LogP contribution in [0.3, 0.4) is 0 Å². The molecule has 2 aromatic rings. The molecule has 0 saturated heterocycles. The summed E-state index contributed by atoms with van der Waals surface area (Å²) < 4.78 is 5.79. The second-order valence-electron chi connectivity index (χ2n) is 6.22. The minimum absolute atomic E-state index is 0.137. The van der Waals surface area contributed by atoms with Gasteiger partial charge >= 0.3 is 6.03 Å². The number of nitrogens with one attached hydrogen (secondary N) is 3. The summed E-state index contributed by atoms with van der Waals surface area (Å²) >= 11 is 0. The van der Waals surface area contributed by atoms with E-state index in [0.717, 1.165) is 16.9 Å². The van der Waals surface area contributed by atoms with E-state index in [2.05, 4.69) is 35.0 Å². The number of hydrogen-bond acceptors (Lipinski definition) is 3. The SMILES string of the molecule is CC(=O)Nc1ccc(NC(=O)NCCOc2c(C)cc(C)cc2C)cc1. The van der Waals surface area contributed by atoms with Crippen LogP contribution in [-0.2, 0) is 4.79 Å². The number of ether oxygens (including phenoxy) is 1. The summed E-state index contributed by atoms with van der Waals surface area (Å²) in [4.78, 5) is 22.9. The predicted molar refractivity (Wildman–Crippen MR) is 104 cm³/mol. The van der Waals surface area contributed by atoms with E-state index in [-0.39, 0.29) is 11.9 Å². The Morgan fingerprint density at radius 2 is 1.46 bits per heavy atom. The Balaban J connectivity index is 1.76. The lowest BCUT2D eigenvalue weighted by Crippen LogP contribution is -2.32. The molecule has 0 aromatic heterocycles. The summed E-state index contributed by atoms with van der Waals surface area (Å²) in [7, 11) is 0. The van der Waals surface area contributed by atoms with Gasteiger partial charge in [0.15, 0.2) is 0 Å². The average Bonchev–Trinajstić information content (AvgIpc) is 2.54. The van der Waals surface area contributed by atoms with Crippen molar-refractivity contribution in [1.29, 1.82) is 0 Å². The fourth-order valence-electron chi connectivity index (χ4n) is 2.73. The molecule has 0 saturated carbocycles. The quantitative estimate of drug-likeness (QED) is 0.690. The predicted octanol–water partition coefficient (Wildman–Crippen LogP) is 3.77. The summed E-state index contributed by atoms with van der Waals surface area (Å²) in [5.74, 6) is 0.730. The van der Waals surface area contributed by atoms with Gasteiger partial charge in [-0.05, 0) is 56.2 Å². The third-order valence-corrected chi connectivity index (χ3v) is 3.70. The molecule has 3 amide bonds. The summed E-state index contributed by atoms with van der Waals surface area (Å²) in [6.45, 7) is 8.31. The van der Waals surface area contributed by atoms with Crippen molar-refractivity contribution < 1.29 is 14.3 Å². The Labute approximate surface area is 153 Å². The van der Waals surface area contributed by atoms with Crippen LogP contribution < -0.4 is 20.7 Å². The molecule has 2 rings (SSSR count). The Kier molecular flexibility index (Phi) is 6.60.